The topological polar surface area (TPSA) is 29.5 Å². The van der Waals surface area contributed by atoms with Crippen LogP contribution in [0.4, 0.5) is 4.39 Å². The number of ether oxygens (including phenoxy) is 1. The summed E-state index contributed by atoms with van der Waals surface area (Å²) in [6, 6.07) is 4.28. The molecule has 1 saturated carbocycles. The lowest BCUT2D eigenvalue weighted by Gasteiger charge is -2.21. The van der Waals surface area contributed by atoms with E-state index in [2.05, 4.69) is 0 Å². The van der Waals surface area contributed by atoms with Crippen molar-refractivity contribution in [1.29, 1.82) is 0 Å². The highest BCUT2D eigenvalue weighted by Crippen LogP contribution is 2.34. The standard InChI is InChI=1S/C12H13FO2/c1-15-12(8-3-2-4-8)9-5-6-10(13)11(14)7-9/h5-7,14H,2-4H2,1H3. The van der Waals surface area contributed by atoms with E-state index in [-0.39, 0.29) is 5.75 Å². The van der Waals surface area contributed by atoms with E-state index in [1.807, 2.05) is 0 Å². The number of hydrogen-bond acceptors (Lipinski definition) is 2. The third-order valence-corrected chi connectivity index (χ3v) is 2.69. The monoisotopic (exact) mass is 208 g/mol. The second-order valence-electron chi connectivity index (χ2n) is 3.66. The van der Waals surface area contributed by atoms with E-state index in [9.17, 15) is 9.50 Å². The molecule has 2 rings (SSSR count). The van der Waals surface area contributed by atoms with Crippen LogP contribution in [0.3, 0.4) is 0 Å². The van der Waals surface area contributed by atoms with Crippen LogP contribution in [0.1, 0.15) is 24.8 Å². The van der Waals surface area contributed by atoms with Crippen molar-refractivity contribution in [2.75, 3.05) is 7.11 Å². The molecule has 80 valence electrons. The number of allylic oxidation sites excluding steroid dienone is 1. The van der Waals surface area contributed by atoms with Gasteiger partial charge in [0.05, 0.1) is 7.11 Å². The van der Waals surface area contributed by atoms with Gasteiger partial charge in [-0.15, -0.1) is 0 Å². The predicted molar refractivity (Wildman–Crippen MR) is 55.8 cm³/mol. The van der Waals surface area contributed by atoms with E-state index < -0.39 is 5.82 Å². The molecule has 2 nitrogen and oxygen atoms in total. The summed E-state index contributed by atoms with van der Waals surface area (Å²) in [6.07, 6.45) is 3.23. The fourth-order valence-corrected chi connectivity index (χ4v) is 1.70. The quantitative estimate of drug-likeness (QED) is 0.757. The Morgan fingerprint density at radius 1 is 1.40 bits per heavy atom. The lowest BCUT2D eigenvalue weighted by Crippen LogP contribution is -2.03. The van der Waals surface area contributed by atoms with Crippen molar-refractivity contribution in [3.63, 3.8) is 0 Å². The summed E-state index contributed by atoms with van der Waals surface area (Å²) in [5.41, 5.74) is 1.98. The molecule has 0 radical (unpaired) electrons. The van der Waals surface area contributed by atoms with Gasteiger partial charge in [-0.3, -0.25) is 0 Å². The molecule has 1 N–H and O–H groups in total. The second kappa shape index (κ2) is 3.93. The van der Waals surface area contributed by atoms with E-state index >= 15 is 0 Å². The highest BCUT2D eigenvalue weighted by atomic mass is 19.1. The first-order valence-electron chi connectivity index (χ1n) is 4.97. The minimum Gasteiger partial charge on any atom is -0.505 e. The fourth-order valence-electron chi connectivity index (χ4n) is 1.70. The molecule has 1 aromatic rings. The number of hydrogen-bond donors (Lipinski definition) is 1. The van der Waals surface area contributed by atoms with Gasteiger partial charge in [-0.25, -0.2) is 4.39 Å². The Bertz CT molecular complexity index is 404. The number of methoxy groups -OCH3 is 1. The van der Waals surface area contributed by atoms with Crippen molar-refractivity contribution in [3.8, 4) is 5.75 Å². The lowest BCUT2D eigenvalue weighted by molar-refractivity contribution is 0.358. The van der Waals surface area contributed by atoms with Gasteiger partial charge < -0.3 is 9.84 Å². The number of rotatable bonds is 2. The molecular weight excluding hydrogens is 195 g/mol. The van der Waals surface area contributed by atoms with Crippen LogP contribution >= 0.6 is 0 Å². The molecule has 0 atom stereocenters. The first kappa shape index (κ1) is 10.0. The van der Waals surface area contributed by atoms with Crippen molar-refractivity contribution in [2.45, 2.75) is 19.3 Å². The third kappa shape index (κ3) is 1.82. The van der Waals surface area contributed by atoms with Gasteiger partial charge in [0.25, 0.3) is 0 Å². The number of benzene rings is 1. The molecule has 1 aromatic carbocycles. The van der Waals surface area contributed by atoms with Crippen LogP contribution in [0.5, 0.6) is 5.75 Å². The Morgan fingerprint density at radius 2 is 2.13 bits per heavy atom. The maximum atomic E-state index is 12.9. The molecule has 0 bridgehead atoms. The Balaban J connectivity index is 2.39. The van der Waals surface area contributed by atoms with Crippen LogP contribution in [0, 0.1) is 5.82 Å². The zero-order valence-electron chi connectivity index (χ0n) is 8.59. The molecule has 0 saturated heterocycles. The van der Waals surface area contributed by atoms with E-state index in [0.717, 1.165) is 24.2 Å². The third-order valence-electron chi connectivity index (χ3n) is 2.69. The Kier molecular flexibility index (Phi) is 2.62. The zero-order chi connectivity index (χ0) is 10.8. The summed E-state index contributed by atoms with van der Waals surface area (Å²) in [5, 5.41) is 9.26. The number of aromatic hydroxyl groups is 1. The number of halogens is 1. The van der Waals surface area contributed by atoms with Crippen LogP contribution in [0.2, 0.25) is 0 Å². The lowest BCUT2D eigenvalue weighted by atomic mass is 9.89. The molecule has 0 unspecified atom stereocenters. The summed E-state index contributed by atoms with van der Waals surface area (Å²) in [6.45, 7) is 0. The average Bonchev–Trinajstić information content (AvgIpc) is 2.16. The van der Waals surface area contributed by atoms with Crippen LogP contribution in [-0.4, -0.2) is 12.2 Å². The van der Waals surface area contributed by atoms with Gasteiger partial charge in [0.15, 0.2) is 11.6 Å². The van der Waals surface area contributed by atoms with E-state index in [1.54, 1.807) is 13.2 Å². The molecule has 3 heteroatoms. The van der Waals surface area contributed by atoms with Gasteiger partial charge in [-0.1, -0.05) is 0 Å². The zero-order valence-corrected chi connectivity index (χ0v) is 8.59. The first-order valence-corrected chi connectivity index (χ1v) is 4.97. The van der Waals surface area contributed by atoms with E-state index in [0.29, 0.717) is 0 Å². The van der Waals surface area contributed by atoms with Crippen molar-refractivity contribution < 1.29 is 14.2 Å². The van der Waals surface area contributed by atoms with Gasteiger partial charge in [0.1, 0.15) is 5.76 Å². The highest BCUT2D eigenvalue weighted by Gasteiger charge is 2.17. The predicted octanol–water partition coefficient (Wildman–Crippen LogP) is 3.07. The van der Waals surface area contributed by atoms with Gasteiger partial charge >= 0.3 is 0 Å². The molecule has 1 fully saturated rings. The maximum absolute atomic E-state index is 12.9. The van der Waals surface area contributed by atoms with Gasteiger partial charge in [0, 0.05) is 5.56 Å². The second-order valence-corrected chi connectivity index (χ2v) is 3.66. The molecule has 0 heterocycles. The number of phenols is 1. The molecule has 0 amide bonds. The Morgan fingerprint density at radius 3 is 2.60 bits per heavy atom. The van der Waals surface area contributed by atoms with Crippen molar-refractivity contribution >= 4 is 5.76 Å². The molecule has 0 spiro atoms. The fraction of sp³-hybridized carbons (Fsp3) is 0.333. The summed E-state index contributed by atoms with van der Waals surface area (Å²) >= 11 is 0. The van der Waals surface area contributed by atoms with Gasteiger partial charge in [-0.2, -0.15) is 0 Å². The largest absolute Gasteiger partial charge is 0.505 e. The minimum absolute atomic E-state index is 0.332. The molecule has 0 aliphatic heterocycles. The average molecular weight is 208 g/mol. The molecule has 1 aliphatic rings. The van der Waals surface area contributed by atoms with E-state index in [4.69, 9.17) is 4.74 Å². The van der Waals surface area contributed by atoms with Crippen molar-refractivity contribution in [1.82, 2.24) is 0 Å². The molecule has 1 aliphatic carbocycles. The van der Waals surface area contributed by atoms with Crippen LogP contribution in [0.25, 0.3) is 5.76 Å². The summed E-state index contributed by atoms with van der Waals surface area (Å²) in [7, 11) is 1.60. The summed E-state index contributed by atoms with van der Waals surface area (Å²) in [5.74, 6) is -0.161. The smallest absolute Gasteiger partial charge is 0.164 e. The Hall–Kier alpha value is -1.51. The minimum atomic E-state index is -0.604. The normalized spacial score (nSPS) is 14.7. The maximum Gasteiger partial charge on any atom is 0.164 e. The summed E-state index contributed by atoms with van der Waals surface area (Å²) < 4.78 is 18.1. The van der Waals surface area contributed by atoms with Crippen LogP contribution in [-0.2, 0) is 4.74 Å². The highest BCUT2D eigenvalue weighted by molar-refractivity contribution is 5.65. The van der Waals surface area contributed by atoms with E-state index in [1.165, 1.54) is 24.1 Å². The SMILES string of the molecule is COC(=C1CCC1)c1ccc(F)c(O)c1. The number of phenolic OH excluding ortho intramolecular Hbond substituents is 1. The Labute approximate surface area is 88.0 Å². The van der Waals surface area contributed by atoms with Gasteiger partial charge in [-0.05, 0) is 43.0 Å². The summed E-state index contributed by atoms with van der Waals surface area (Å²) in [4.78, 5) is 0. The van der Waals surface area contributed by atoms with Crippen LogP contribution in [0.15, 0.2) is 23.8 Å². The van der Waals surface area contributed by atoms with Crippen molar-refractivity contribution in [3.05, 3.63) is 35.2 Å². The molecular formula is C12H13FO2. The molecule has 0 aromatic heterocycles. The van der Waals surface area contributed by atoms with Gasteiger partial charge in [0.2, 0.25) is 0 Å². The first-order chi connectivity index (χ1) is 7.22. The molecule has 15 heavy (non-hydrogen) atoms. The van der Waals surface area contributed by atoms with Crippen LogP contribution < -0.4 is 0 Å². The van der Waals surface area contributed by atoms with Crippen molar-refractivity contribution in [2.24, 2.45) is 0 Å².